The summed E-state index contributed by atoms with van der Waals surface area (Å²) in [6, 6.07) is 15.2. The topological polar surface area (TPSA) is 33.1 Å². The first-order valence-corrected chi connectivity index (χ1v) is 5.79. The summed E-state index contributed by atoms with van der Waals surface area (Å²) in [5, 5.41) is 10.2. The van der Waals surface area contributed by atoms with Crippen molar-refractivity contribution in [3.05, 3.63) is 48.5 Å². The minimum Gasteiger partial charge on any atom is -0.508 e. The average Bonchev–Trinajstić information content (AvgIpc) is 2.73. The maximum Gasteiger partial charge on any atom is 0.124 e. The largest absolute Gasteiger partial charge is 0.508 e. The number of para-hydroxylation sites is 1. The normalized spacial score (nSPS) is 10.1. The Hall–Kier alpha value is -1.25. The van der Waals surface area contributed by atoms with Gasteiger partial charge in [0.05, 0.1) is 10.2 Å². The molecule has 0 aliphatic heterocycles. The number of hydrogen-bond donors (Lipinski definition) is 1. The molecular formula is C13H9NOSZn. The monoisotopic (exact) mass is 291 g/mol. The summed E-state index contributed by atoms with van der Waals surface area (Å²) in [5.74, 6) is 0.282. The molecule has 3 aromatic rings. The maximum atomic E-state index is 9.23. The molecule has 0 saturated carbocycles. The Kier molecular flexibility index (Phi) is 3.55. The van der Waals surface area contributed by atoms with Crippen molar-refractivity contribution in [3.8, 4) is 16.3 Å². The first kappa shape index (κ1) is 12.2. The fourth-order valence-electron chi connectivity index (χ4n) is 1.60. The summed E-state index contributed by atoms with van der Waals surface area (Å²) in [5.41, 5.74) is 2.06. The van der Waals surface area contributed by atoms with Crippen LogP contribution in [0.2, 0.25) is 0 Å². The van der Waals surface area contributed by atoms with Crippen molar-refractivity contribution in [2.24, 2.45) is 0 Å². The smallest absolute Gasteiger partial charge is 0.124 e. The fraction of sp³-hybridized carbons (Fsp3) is 0. The third-order valence-corrected chi connectivity index (χ3v) is 3.49. The second-order valence-corrected chi connectivity index (χ2v) is 4.56. The van der Waals surface area contributed by atoms with Crippen LogP contribution in [0.1, 0.15) is 0 Å². The molecule has 0 spiro atoms. The van der Waals surface area contributed by atoms with Crippen molar-refractivity contribution in [3.63, 3.8) is 0 Å². The molecule has 0 atom stereocenters. The Bertz CT molecular complexity index is 600. The van der Waals surface area contributed by atoms with E-state index in [1.54, 1.807) is 23.5 Å². The van der Waals surface area contributed by atoms with E-state index in [0.29, 0.717) is 0 Å². The number of phenols is 1. The summed E-state index contributed by atoms with van der Waals surface area (Å²) < 4.78 is 1.19. The van der Waals surface area contributed by atoms with E-state index in [0.717, 1.165) is 16.1 Å². The van der Waals surface area contributed by atoms with Gasteiger partial charge in [0.2, 0.25) is 0 Å². The van der Waals surface area contributed by atoms with E-state index >= 15 is 0 Å². The molecule has 0 radical (unpaired) electrons. The van der Waals surface area contributed by atoms with E-state index < -0.39 is 0 Å². The zero-order valence-electron chi connectivity index (χ0n) is 9.13. The number of thiazole rings is 1. The van der Waals surface area contributed by atoms with Gasteiger partial charge in [-0.05, 0) is 36.4 Å². The molecule has 1 N–H and O–H groups in total. The molecule has 4 heteroatoms. The van der Waals surface area contributed by atoms with Gasteiger partial charge in [-0.25, -0.2) is 4.98 Å². The number of aromatic nitrogens is 1. The van der Waals surface area contributed by atoms with Gasteiger partial charge in [-0.15, -0.1) is 11.3 Å². The number of phenolic OH excluding ortho intramolecular Hbond substituents is 1. The second-order valence-electron chi connectivity index (χ2n) is 3.53. The molecule has 0 fully saturated rings. The zero-order valence-corrected chi connectivity index (χ0v) is 12.9. The molecule has 0 saturated heterocycles. The number of rotatable bonds is 1. The minimum absolute atomic E-state index is 0. The van der Waals surface area contributed by atoms with Crippen LogP contribution in [-0.4, -0.2) is 10.1 Å². The van der Waals surface area contributed by atoms with Gasteiger partial charge in [-0.1, -0.05) is 12.1 Å². The summed E-state index contributed by atoms with van der Waals surface area (Å²) >= 11 is 1.66. The first-order valence-electron chi connectivity index (χ1n) is 4.98. The predicted molar refractivity (Wildman–Crippen MR) is 66.7 cm³/mol. The molecule has 2 aromatic carbocycles. The molecule has 0 unspecified atom stereocenters. The van der Waals surface area contributed by atoms with Gasteiger partial charge >= 0.3 is 0 Å². The molecule has 0 aliphatic carbocycles. The van der Waals surface area contributed by atoms with Crippen LogP contribution in [0.25, 0.3) is 20.8 Å². The number of nitrogens with zero attached hydrogens (tertiary/aromatic N) is 1. The van der Waals surface area contributed by atoms with E-state index in [1.807, 2.05) is 30.3 Å². The molecular weight excluding hydrogens is 284 g/mol. The average molecular weight is 293 g/mol. The fourth-order valence-corrected chi connectivity index (χ4v) is 2.57. The quantitative estimate of drug-likeness (QED) is 0.694. The van der Waals surface area contributed by atoms with E-state index in [9.17, 15) is 5.11 Å². The molecule has 0 bridgehead atoms. The molecule has 0 aliphatic rings. The van der Waals surface area contributed by atoms with Gasteiger partial charge in [-0.2, -0.15) is 0 Å². The van der Waals surface area contributed by atoms with Crippen LogP contribution in [0, 0.1) is 0 Å². The molecule has 80 valence electrons. The zero-order chi connectivity index (χ0) is 11.0. The summed E-state index contributed by atoms with van der Waals surface area (Å²) in [6.07, 6.45) is 0. The number of fused-ring (bicyclic) bond motifs is 1. The Labute approximate surface area is 116 Å². The van der Waals surface area contributed by atoms with Crippen molar-refractivity contribution < 1.29 is 24.6 Å². The predicted octanol–water partition coefficient (Wildman–Crippen LogP) is 3.67. The molecule has 1 heterocycles. The van der Waals surface area contributed by atoms with Gasteiger partial charge in [0.1, 0.15) is 10.8 Å². The number of aromatic hydroxyl groups is 1. The van der Waals surface area contributed by atoms with E-state index in [-0.39, 0.29) is 25.2 Å². The molecule has 1 aromatic heterocycles. The third-order valence-electron chi connectivity index (χ3n) is 2.41. The number of benzene rings is 2. The van der Waals surface area contributed by atoms with Gasteiger partial charge in [0, 0.05) is 25.0 Å². The van der Waals surface area contributed by atoms with Crippen LogP contribution in [-0.2, 0) is 19.5 Å². The Balaban J connectivity index is 0.00000108. The first-order chi connectivity index (χ1) is 7.83. The van der Waals surface area contributed by atoms with E-state index in [1.165, 1.54) is 4.70 Å². The summed E-state index contributed by atoms with van der Waals surface area (Å²) in [4.78, 5) is 4.55. The van der Waals surface area contributed by atoms with Crippen LogP contribution in [0.5, 0.6) is 5.75 Å². The Morgan fingerprint density at radius 1 is 0.941 bits per heavy atom. The van der Waals surface area contributed by atoms with Crippen molar-refractivity contribution in [2.45, 2.75) is 0 Å². The van der Waals surface area contributed by atoms with Crippen molar-refractivity contribution in [2.75, 3.05) is 0 Å². The van der Waals surface area contributed by atoms with Crippen LogP contribution in [0.4, 0.5) is 0 Å². The third kappa shape index (κ3) is 2.38. The van der Waals surface area contributed by atoms with Crippen LogP contribution >= 0.6 is 11.3 Å². The Morgan fingerprint density at radius 2 is 1.65 bits per heavy atom. The number of hydrogen-bond acceptors (Lipinski definition) is 3. The van der Waals surface area contributed by atoms with Crippen molar-refractivity contribution in [1.82, 2.24) is 4.98 Å². The van der Waals surface area contributed by atoms with E-state index in [4.69, 9.17) is 0 Å². The molecule has 0 amide bonds. The molecule has 3 rings (SSSR count). The van der Waals surface area contributed by atoms with E-state index in [2.05, 4.69) is 11.1 Å². The minimum atomic E-state index is 0. The van der Waals surface area contributed by atoms with Gasteiger partial charge in [-0.3, -0.25) is 0 Å². The van der Waals surface area contributed by atoms with Crippen molar-refractivity contribution >= 4 is 21.6 Å². The van der Waals surface area contributed by atoms with Crippen LogP contribution in [0.15, 0.2) is 48.5 Å². The SMILES string of the molecule is Oc1ccc(-c2nc3ccccc3s2)cc1.[Zn]. The summed E-state index contributed by atoms with van der Waals surface area (Å²) in [7, 11) is 0. The van der Waals surface area contributed by atoms with Gasteiger partial charge < -0.3 is 5.11 Å². The van der Waals surface area contributed by atoms with Gasteiger partial charge in [0.15, 0.2) is 0 Å². The van der Waals surface area contributed by atoms with Gasteiger partial charge in [0.25, 0.3) is 0 Å². The second kappa shape index (κ2) is 4.95. The molecule has 17 heavy (non-hydrogen) atoms. The Morgan fingerprint density at radius 3 is 2.35 bits per heavy atom. The van der Waals surface area contributed by atoms with Crippen LogP contribution < -0.4 is 0 Å². The van der Waals surface area contributed by atoms with Crippen LogP contribution in [0.3, 0.4) is 0 Å². The van der Waals surface area contributed by atoms with Crippen molar-refractivity contribution in [1.29, 1.82) is 0 Å². The maximum absolute atomic E-state index is 9.23. The molecule has 2 nitrogen and oxygen atoms in total. The standard InChI is InChI=1S/C13H9NOS.Zn/c15-10-7-5-9(6-8-10)13-14-11-3-1-2-4-12(11)16-13;/h1-8,15H;. The summed E-state index contributed by atoms with van der Waals surface area (Å²) in [6.45, 7) is 0.